The number of rotatable bonds is 3. The van der Waals surface area contributed by atoms with Crippen molar-refractivity contribution in [3.63, 3.8) is 0 Å². The first-order valence-electron chi connectivity index (χ1n) is 6.34. The summed E-state index contributed by atoms with van der Waals surface area (Å²) in [6.07, 6.45) is 6.97. The fourth-order valence-corrected chi connectivity index (χ4v) is 2.58. The summed E-state index contributed by atoms with van der Waals surface area (Å²) in [6.45, 7) is 4.39. The molecule has 0 amide bonds. The van der Waals surface area contributed by atoms with Crippen molar-refractivity contribution in [2.24, 2.45) is 11.8 Å². The molecule has 2 rings (SSSR count). The van der Waals surface area contributed by atoms with Crippen LogP contribution in [-0.2, 0) is 9.53 Å². The summed E-state index contributed by atoms with van der Waals surface area (Å²) in [4.78, 5) is 11.4. The zero-order chi connectivity index (χ0) is 10.8. The molecule has 0 spiro atoms. The standard InChI is InChI=1S/C13H22O2/c1-9-6-7-12(14)8-13(9)15-10(2)11-4-3-5-11/h9-11,13H,3-8H2,1-2H3. The molecule has 2 heteroatoms. The molecule has 2 fully saturated rings. The van der Waals surface area contributed by atoms with Crippen LogP contribution in [0.3, 0.4) is 0 Å². The van der Waals surface area contributed by atoms with E-state index < -0.39 is 0 Å². The molecule has 0 aromatic carbocycles. The van der Waals surface area contributed by atoms with E-state index in [9.17, 15) is 4.79 Å². The highest BCUT2D eigenvalue weighted by Crippen LogP contribution is 2.34. The summed E-state index contributed by atoms with van der Waals surface area (Å²) in [7, 11) is 0. The molecule has 2 saturated carbocycles. The molecule has 3 atom stereocenters. The maximum absolute atomic E-state index is 11.4. The van der Waals surface area contributed by atoms with Gasteiger partial charge in [-0.1, -0.05) is 13.3 Å². The van der Waals surface area contributed by atoms with Crippen molar-refractivity contribution >= 4 is 5.78 Å². The molecule has 0 aromatic heterocycles. The Hall–Kier alpha value is -0.370. The normalized spacial score (nSPS) is 34.9. The summed E-state index contributed by atoms with van der Waals surface area (Å²) in [6, 6.07) is 0. The summed E-state index contributed by atoms with van der Waals surface area (Å²) >= 11 is 0. The van der Waals surface area contributed by atoms with Crippen LogP contribution in [0.5, 0.6) is 0 Å². The third-order valence-electron chi connectivity index (χ3n) is 4.15. The van der Waals surface area contributed by atoms with Crippen LogP contribution < -0.4 is 0 Å². The van der Waals surface area contributed by atoms with E-state index in [1.165, 1.54) is 19.3 Å². The van der Waals surface area contributed by atoms with Gasteiger partial charge in [0.25, 0.3) is 0 Å². The predicted octanol–water partition coefficient (Wildman–Crippen LogP) is 2.95. The molecule has 0 bridgehead atoms. The molecule has 0 saturated heterocycles. The van der Waals surface area contributed by atoms with Crippen LogP contribution in [0.1, 0.15) is 52.4 Å². The SMILES string of the molecule is CC1CCC(=O)CC1OC(C)C1CCC1. The van der Waals surface area contributed by atoms with Gasteiger partial charge in [0.05, 0.1) is 12.2 Å². The highest BCUT2D eigenvalue weighted by molar-refractivity contribution is 5.79. The minimum absolute atomic E-state index is 0.196. The van der Waals surface area contributed by atoms with Crippen molar-refractivity contribution in [1.29, 1.82) is 0 Å². The fraction of sp³-hybridized carbons (Fsp3) is 0.923. The molecule has 86 valence electrons. The lowest BCUT2D eigenvalue weighted by Crippen LogP contribution is -2.37. The maximum atomic E-state index is 11.4. The highest BCUT2D eigenvalue weighted by atomic mass is 16.5. The van der Waals surface area contributed by atoms with E-state index in [4.69, 9.17) is 4.74 Å². The predicted molar refractivity (Wildman–Crippen MR) is 59.7 cm³/mol. The summed E-state index contributed by atoms with van der Waals surface area (Å²) in [5.74, 6) is 1.71. The lowest BCUT2D eigenvalue weighted by molar-refractivity contribution is -0.132. The first-order valence-corrected chi connectivity index (χ1v) is 6.34. The number of ketones is 1. The second-order valence-electron chi connectivity index (χ2n) is 5.33. The third-order valence-corrected chi connectivity index (χ3v) is 4.15. The minimum Gasteiger partial charge on any atom is -0.374 e. The Bertz CT molecular complexity index is 233. The summed E-state index contributed by atoms with van der Waals surface area (Å²) < 4.78 is 6.06. The molecule has 0 aliphatic heterocycles. The maximum Gasteiger partial charge on any atom is 0.135 e. The monoisotopic (exact) mass is 210 g/mol. The van der Waals surface area contributed by atoms with Gasteiger partial charge in [0.2, 0.25) is 0 Å². The Balaban J connectivity index is 1.83. The lowest BCUT2D eigenvalue weighted by Gasteiger charge is -2.36. The Kier molecular flexibility index (Phi) is 3.45. The Morgan fingerprint density at radius 2 is 2.07 bits per heavy atom. The molecule has 15 heavy (non-hydrogen) atoms. The van der Waals surface area contributed by atoms with Crippen LogP contribution >= 0.6 is 0 Å². The molecule has 0 radical (unpaired) electrons. The number of ether oxygens (including phenoxy) is 1. The molecule has 2 nitrogen and oxygen atoms in total. The average molecular weight is 210 g/mol. The quantitative estimate of drug-likeness (QED) is 0.716. The van der Waals surface area contributed by atoms with Gasteiger partial charge < -0.3 is 4.74 Å². The number of carbonyl (C=O) groups excluding carboxylic acids is 1. The number of Topliss-reactive ketones (excluding diaryl/α,β-unsaturated/α-hetero) is 1. The van der Waals surface area contributed by atoms with Crippen molar-refractivity contribution in [2.45, 2.75) is 64.6 Å². The number of carbonyl (C=O) groups is 1. The Morgan fingerprint density at radius 1 is 1.33 bits per heavy atom. The van der Waals surface area contributed by atoms with Crippen molar-refractivity contribution in [3.8, 4) is 0 Å². The van der Waals surface area contributed by atoms with Gasteiger partial charge in [-0.3, -0.25) is 4.79 Å². The Morgan fingerprint density at radius 3 is 2.67 bits per heavy atom. The second-order valence-corrected chi connectivity index (χ2v) is 5.33. The highest BCUT2D eigenvalue weighted by Gasteiger charge is 2.32. The minimum atomic E-state index is 0.196. The van der Waals surface area contributed by atoms with E-state index in [-0.39, 0.29) is 6.10 Å². The van der Waals surface area contributed by atoms with E-state index in [0.717, 1.165) is 18.8 Å². The van der Waals surface area contributed by atoms with Crippen molar-refractivity contribution < 1.29 is 9.53 Å². The molecule has 3 unspecified atom stereocenters. The van der Waals surface area contributed by atoms with Crippen LogP contribution in [0.2, 0.25) is 0 Å². The molecular weight excluding hydrogens is 188 g/mol. The molecule has 0 N–H and O–H groups in total. The van der Waals surface area contributed by atoms with Crippen LogP contribution in [0.15, 0.2) is 0 Å². The van der Waals surface area contributed by atoms with E-state index >= 15 is 0 Å². The molecular formula is C13H22O2. The summed E-state index contributed by atoms with van der Waals surface area (Å²) in [5, 5.41) is 0. The van der Waals surface area contributed by atoms with Gasteiger partial charge in [0.1, 0.15) is 5.78 Å². The second kappa shape index (κ2) is 4.65. The van der Waals surface area contributed by atoms with Gasteiger partial charge in [0, 0.05) is 12.8 Å². The van der Waals surface area contributed by atoms with Crippen molar-refractivity contribution in [3.05, 3.63) is 0 Å². The van der Waals surface area contributed by atoms with Crippen molar-refractivity contribution in [2.75, 3.05) is 0 Å². The Labute approximate surface area is 92.4 Å². The zero-order valence-corrected chi connectivity index (χ0v) is 9.87. The first kappa shape index (κ1) is 11.1. The van der Waals surface area contributed by atoms with E-state index in [1.54, 1.807) is 0 Å². The van der Waals surface area contributed by atoms with Gasteiger partial charge in [0.15, 0.2) is 0 Å². The molecule has 0 heterocycles. The van der Waals surface area contributed by atoms with Gasteiger partial charge in [-0.25, -0.2) is 0 Å². The first-order chi connectivity index (χ1) is 7.16. The van der Waals surface area contributed by atoms with Crippen LogP contribution in [0, 0.1) is 11.8 Å². The number of hydrogen-bond donors (Lipinski definition) is 0. The zero-order valence-electron chi connectivity index (χ0n) is 9.87. The molecule has 2 aliphatic rings. The van der Waals surface area contributed by atoms with Crippen LogP contribution in [0.4, 0.5) is 0 Å². The van der Waals surface area contributed by atoms with E-state index in [1.807, 2.05) is 0 Å². The van der Waals surface area contributed by atoms with E-state index in [2.05, 4.69) is 13.8 Å². The van der Waals surface area contributed by atoms with Crippen LogP contribution in [0.25, 0.3) is 0 Å². The van der Waals surface area contributed by atoms with Gasteiger partial charge in [-0.2, -0.15) is 0 Å². The van der Waals surface area contributed by atoms with Crippen LogP contribution in [-0.4, -0.2) is 18.0 Å². The van der Waals surface area contributed by atoms with Crippen molar-refractivity contribution in [1.82, 2.24) is 0 Å². The molecule has 2 aliphatic carbocycles. The largest absolute Gasteiger partial charge is 0.374 e. The third kappa shape index (κ3) is 2.60. The van der Waals surface area contributed by atoms with Gasteiger partial charge >= 0.3 is 0 Å². The smallest absolute Gasteiger partial charge is 0.135 e. The average Bonchev–Trinajstić information content (AvgIpc) is 2.08. The molecule has 0 aromatic rings. The van der Waals surface area contributed by atoms with Gasteiger partial charge in [-0.15, -0.1) is 0 Å². The summed E-state index contributed by atoms with van der Waals surface area (Å²) in [5.41, 5.74) is 0. The topological polar surface area (TPSA) is 26.3 Å². The number of hydrogen-bond acceptors (Lipinski definition) is 2. The van der Waals surface area contributed by atoms with Gasteiger partial charge in [-0.05, 0) is 38.0 Å². The van der Waals surface area contributed by atoms with E-state index in [0.29, 0.717) is 24.2 Å². The fourth-order valence-electron chi connectivity index (χ4n) is 2.58. The lowest BCUT2D eigenvalue weighted by atomic mass is 9.81.